The summed E-state index contributed by atoms with van der Waals surface area (Å²) in [4.78, 5) is 26.5. The monoisotopic (exact) mass is 551 g/mol. The average Bonchev–Trinajstić information content (AvgIpc) is 3.39. The van der Waals surface area contributed by atoms with Gasteiger partial charge in [-0.3, -0.25) is 9.69 Å². The zero-order valence-corrected chi connectivity index (χ0v) is 22.6. The molecule has 0 aromatic heterocycles. The molecule has 0 unspecified atom stereocenters. The predicted octanol–water partition coefficient (Wildman–Crippen LogP) is 5.69. The number of nitrogens with zero attached hydrogens (tertiary/aromatic N) is 1. The fourth-order valence-corrected chi connectivity index (χ4v) is 4.83. The van der Waals surface area contributed by atoms with Crippen LogP contribution in [0.5, 0.6) is 11.5 Å². The largest absolute Gasteiger partial charge is 0.489 e. The Bertz CT molecular complexity index is 1410. The summed E-state index contributed by atoms with van der Waals surface area (Å²) in [5.41, 5.74) is 3.76. The van der Waals surface area contributed by atoms with Gasteiger partial charge in [-0.1, -0.05) is 72.8 Å². The van der Waals surface area contributed by atoms with Gasteiger partial charge in [-0.25, -0.2) is 4.79 Å². The van der Waals surface area contributed by atoms with Crippen LogP contribution in [0.3, 0.4) is 0 Å². The molecule has 8 nitrogen and oxygen atoms in total. The highest BCUT2D eigenvalue weighted by Crippen LogP contribution is 2.23. The van der Waals surface area contributed by atoms with Crippen LogP contribution in [0, 0.1) is 0 Å². The second-order valence-electron chi connectivity index (χ2n) is 10.0. The molecule has 0 bridgehead atoms. The van der Waals surface area contributed by atoms with E-state index in [-0.39, 0.29) is 12.1 Å². The normalized spacial score (nSPS) is 16.6. The Hall–Kier alpha value is -4.82. The lowest BCUT2D eigenvalue weighted by molar-refractivity contribution is -0.142. The molecule has 1 saturated heterocycles. The van der Waals surface area contributed by atoms with Crippen LogP contribution in [-0.2, 0) is 24.6 Å². The Balaban J connectivity index is 1.09. The molecule has 0 saturated carbocycles. The van der Waals surface area contributed by atoms with Crippen molar-refractivity contribution >= 4 is 17.7 Å². The fourth-order valence-electron chi connectivity index (χ4n) is 4.83. The summed E-state index contributed by atoms with van der Waals surface area (Å²) in [5.74, 6) is 0.552. The van der Waals surface area contributed by atoms with Crippen molar-refractivity contribution in [3.8, 4) is 11.5 Å². The van der Waals surface area contributed by atoms with Crippen molar-refractivity contribution in [3.63, 3.8) is 0 Å². The van der Waals surface area contributed by atoms with Crippen molar-refractivity contribution < 1.29 is 24.2 Å². The van der Waals surface area contributed by atoms with E-state index in [0.717, 1.165) is 22.4 Å². The van der Waals surface area contributed by atoms with Gasteiger partial charge in [0.25, 0.3) is 0 Å². The molecular weight excluding hydrogens is 518 g/mol. The molecule has 1 heterocycles. The minimum absolute atomic E-state index is 0.293. The number of amides is 2. The van der Waals surface area contributed by atoms with E-state index in [4.69, 9.17) is 9.47 Å². The van der Waals surface area contributed by atoms with Crippen molar-refractivity contribution in [3.05, 3.63) is 126 Å². The van der Waals surface area contributed by atoms with Crippen molar-refractivity contribution in [1.82, 2.24) is 10.2 Å². The highest BCUT2D eigenvalue weighted by Gasteiger charge is 2.37. The lowest BCUT2D eigenvalue weighted by Crippen LogP contribution is -2.39. The maximum absolute atomic E-state index is 12.7. The van der Waals surface area contributed by atoms with Gasteiger partial charge < -0.3 is 25.2 Å². The third-order valence-corrected chi connectivity index (χ3v) is 6.94. The van der Waals surface area contributed by atoms with Crippen LogP contribution in [0.4, 0.5) is 10.5 Å². The summed E-state index contributed by atoms with van der Waals surface area (Å²) in [5, 5.41) is 15.6. The van der Waals surface area contributed by atoms with Crippen molar-refractivity contribution in [2.75, 3.05) is 11.9 Å². The van der Waals surface area contributed by atoms with Crippen LogP contribution in [0.15, 0.2) is 109 Å². The number of urea groups is 1. The number of nitrogens with one attached hydrogen (secondary N) is 2. The maximum atomic E-state index is 12.7. The molecule has 1 aliphatic heterocycles. The number of rotatable bonds is 11. The van der Waals surface area contributed by atoms with Crippen molar-refractivity contribution in [2.45, 2.75) is 38.3 Å². The molecule has 1 fully saturated rings. The summed E-state index contributed by atoms with van der Waals surface area (Å²) in [6.45, 7) is 1.83. The number of hydrogen-bond acceptors (Lipinski definition) is 5. The molecule has 210 valence electrons. The molecular formula is C33H33N3O5. The number of carbonyl (C=O) groups is 2. The molecule has 1 aliphatic rings. The van der Waals surface area contributed by atoms with E-state index in [0.29, 0.717) is 44.2 Å². The Kier molecular flexibility index (Phi) is 9.13. The molecule has 4 aromatic carbocycles. The van der Waals surface area contributed by atoms with Crippen LogP contribution in [-0.4, -0.2) is 40.6 Å². The Morgan fingerprint density at radius 1 is 0.732 bits per heavy atom. The highest BCUT2D eigenvalue weighted by molar-refractivity contribution is 5.89. The third-order valence-electron chi connectivity index (χ3n) is 6.94. The van der Waals surface area contributed by atoms with Crippen molar-refractivity contribution in [2.24, 2.45) is 0 Å². The van der Waals surface area contributed by atoms with E-state index >= 15 is 0 Å². The molecule has 3 N–H and O–H groups in total. The SMILES string of the molecule is O=C(Nc1ccc(OCc2ccccc2)cc1)N[C@H]1C[C@@H](C(=O)O)N(Cc2ccc(OCc3ccccc3)cc2)C1. The van der Waals surface area contributed by atoms with Gasteiger partial charge in [0.05, 0.1) is 0 Å². The van der Waals surface area contributed by atoms with E-state index in [1.165, 1.54) is 0 Å². The number of benzene rings is 4. The van der Waals surface area contributed by atoms with Gasteiger partial charge in [-0.2, -0.15) is 0 Å². The van der Waals surface area contributed by atoms with E-state index in [1.807, 2.05) is 89.8 Å². The van der Waals surface area contributed by atoms with Gasteiger partial charge in [-0.05, 0) is 59.5 Å². The van der Waals surface area contributed by atoms with Gasteiger partial charge in [0.2, 0.25) is 0 Å². The number of aliphatic carboxylic acids is 1. The summed E-state index contributed by atoms with van der Waals surface area (Å²) in [6, 6.07) is 33.3. The van der Waals surface area contributed by atoms with Crippen LogP contribution in [0.2, 0.25) is 0 Å². The second kappa shape index (κ2) is 13.5. The van der Waals surface area contributed by atoms with Crippen molar-refractivity contribution in [1.29, 1.82) is 0 Å². The van der Waals surface area contributed by atoms with Gasteiger partial charge in [0, 0.05) is 24.8 Å². The second-order valence-corrected chi connectivity index (χ2v) is 10.0. The molecule has 2 amide bonds. The number of likely N-dealkylation sites (tertiary alicyclic amines) is 1. The van der Waals surface area contributed by atoms with Gasteiger partial charge in [0.15, 0.2) is 0 Å². The summed E-state index contributed by atoms with van der Waals surface area (Å²) in [7, 11) is 0. The molecule has 5 rings (SSSR count). The molecule has 41 heavy (non-hydrogen) atoms. The van der Waals surface area contributed by atoms with E-state index in [2.05, 4.69) is 10.6 Å². The average molecular weight is 552 g/mol. The fraction of sp³-hybridized carbons (Fsp3) is 0.212. The van der Waals surface area contributed by atoms with Gasteiger partial charge in [-0.15, -0.1) is 0 Å². The quantitative estimate of drug-likeness (QED) is 0.221. The number of hydrogen-bond donors (Lipinski definition) is 3. The number of carbonyl (C=O) groups excluding carboxylic acids is 1. The summed E-state index contributed by atoms with van der Waals surface area (Å²) >= 11 is 0. The Morgan fingerprint density at radius 2 is 1.27 bits per heavy atom. The first-order chi connectivity index (χ1) is 20.0. The Morgan fingerprint density at radius 3 is 1.80 bits per heavy atom. The number of carboxylic acids is 1. The summed E-state index contributed by atoms with van der Waals surface area (Å²) < 4.78 is 11.6. The van der Waals surface area contributed by atoms with E-state index in [9.17, 15) is 14.7 Å². The minimum atomic E-state index is -0.899. The first-order valence-electron chi connectivity index (χ1n) is 13.6. The van der Waals surface area contributed by atoms with E-state index < -0.39 is 12.0 Å². The smallest absolute Gasteiger partial charge is 0.321 e. The minimum Gasteiger partial charge on any atom is -0.489 e. The first kappa shape index (κ1) is 27.7. The molecule has 0 radical (unpaired) electrons. The molecule has 0 spiro atoms. The molecule has 4 aromatic rings. The van der Waals surface area contributed by atoms with Gasteiger partial charge in [0.1, 0.15) is 30.8 Å². The van der Waals surface area contributed by atoms with Crippen LogP contribution >= 0.6 is 0 Å². The Labute approximate surface area is 239 Å². The zero-order chi connectivity index (χ0) is 28.4. The standard InChI is InChI=1S/C33H33N3O5/c37-32(38)31-19-28(21-36(31)20-24-11-15-29(16-12-24)40-22-25-7-3-1-4-8-25)35-33(39)34-27-13-17-30(18-14-27)41-23-26-9-5-2-6-10-26/h1-18,28,31H,19-23H2,(H,37,38)(H2,34,35,39)/t28-,31-/m0/s1. The molecule has 8 heteroatoms. The highest BCUT2D eigenvalue weighted by atomic mass is 16.5. The van der Waals surface area contributed by atoms with Gasteiger partial charge >= 0.3 is 12.0 Å². The van der Waals surface area contributed by atoms with E-state index in [1.54, 1.807) is 24.3 Å². The maximum Gasteiger partial charge on any atom is 0.321 e. The lowest BCUT2D eigenvalue weighted by Gasteiger charge is -2.21. The number of carboxylic acid groups (broad SMARTS) is 1. The topological polar surface area (TPSA) is 100 Å². The number of anilines is 1. The lowest BCUT2D eigenvalue weighted by atomic mass is 10.1. The number of ether oxygens (including phenoxy) is 2. The third kappa shape index (κ3) is 8.09. The predicted molar refractivity (Wildman–Crippen MR) is 157 cm³/mol. The van der Waals surface area contributed by atoms with Crippen LogP contribution in [0.1, 0.15) is 23.1 Å². The molecule has 0 aliphatic carbocycles. The van der Waals surface area contributed by atoms with Crippen LogP contribution in [0.25, 0.3) is 0 Å². The summed E-state index contributed by atoms with van der Waals surface area (Å²) in [6.07, 6.45) is 0.327. The zero-order valence-electron chi connectivity index (χ0n) is 22.6. The molecule has 2 atom stereocenters. The first-order valence-corrected chi connectivity index (χ1v) is 13.6. The van der Waals surface area contributed by atoms with Crippen LogP contribution < -0.4 is 20.1 Å².